The second kappa shape index (κ2) is 5.48. The minimum Gasteiger partial charge on any atom is -0.322 e. The van der Waals surface area contributed by atoms with Gasteiger partial charge in [-0.05, 0) is 30.7 Å². The maximum Gasteiger partial charge on any atom is 0.271 e. The summed E-state index contributed by atoms with van der Waals surface area (Å²) in [4.78, 5) is 22.1. The number of amides is 1. The molecule has 102 valence electrons. The van der Waals surface area contributed by atoms with Crippen molar-refractivity contribution in [1.82, 2.24) is 0 Å². The average Bonchev–Trinajstić information content (AvgIpc) is 2.41. The molecular formula is C14H11FN2O3. The molecule has 0 saturated heterocycles. The van der Waals surface area contributed by atoms with Crippen molar-refractivity contribution >= 4 is 17.3 Å². The van der Waals surface area contributed by atoms with Crippen LogP contribution in [0, 0.1) is 22.9 Å². The molecule has 0 aromatic heterocycles. The average molecular weight is 274 g/mol. The summed E-state index contributed by atoms with van der Waals surface area (Å²) in [6, 6.07) is 9.44. The van der Waals surface area contributed by atoms with Gasteiger partial charge in [-0.1, -0.05) is 12.1 Å². The van der Waals surface area contributed by atoms with Gasteiger partial charge in [-0.3, -0.25) is 14.9 Å². The predicted octanol–water partition coefficient (Wildman–Crippen LogP) is 3.29. The number of nitrogens with one attached hydrogen (secondary N) is 1. The number of nitro groups is 1. The number of carbonyl (C=O) groups excluding carboxylic acids is 1. The number of halogens is 1. The molecule has 0 saturated carbocycles. The molecule has 0 unspecified atom stereocenters. The van der Waals surface area contributed by atoms with Gasteiger partial charge in [-0.25, -0.2) is 4.39 Å². The van der Waals surface area contributed by atoms with Crippen molar-refractivity contribution in [1.29, 1.82) is 0 Å². The van der Waals surface area contributed by atoms with Gasteiger partial charge in [-0.15, -0.1) is 0 Å². The Labute approximate surface area is 114 Å². The molecule has 5 nitrogen and oxygen atoms in total. The molecular weight excluding hydrogens is 263 g/mol. The molecule has 2 aromatic rings. The molecule has 2 rings (SSSR count). The van der Waals surface area contributed by atoms with Crippen molar-refractivity contribution in [2.24, 2.45) is 0 Å². The summed E-state index contributed by atoms with van der Waals surface area (Å²) in [5, 5.41) is 13.2. The van der Waals surface area contributed by atoms with Crippen LogP contribution < -0.4 is 5.32 Å². The normalized spacial score (nSPS) is 10.1. The number of hydrogen-bond donors (Lipinski definition) is 1. The molecule has 0 radical (unpaired) electrons. The smallest absolute Gasteiger partial charge is 0.271 e. The highest BCUT2D eigenvalue weighted by atomic mass is 19.1. The first kappa shape index (κ1) is 13.7. The van der Waals surface area contributed by atoms with Gasteiger partial charge < -0.3 is 5.32 Å². The van der Waals surface area contributed by atoms with Crippen LogP contribution in [0.2, 0.25) is 0 Å². The second-order valence-corrected chi connectivity index (χ2v) is 4.22. The number of nitro benzene ring substituents is 1. The van der Waals surface area contributed by atoms with Crippen molar-refractivity contribution in [3.63, 3.8) is 0 Å². The molecule has 0 spiro atoms. The van der Waals surface area contributed by atoms with Crippen LogP contribution in [0.15, 0.2) is 42.5 Å². The standard InChI is InChI=1S/C14H11FN2O3/c1-9-5-6-10(15)7-13(9)14(18)16-11-3-2-4-12(8-11)17(19)20/h2-8H,1H3,(H,16,18). The van der Waals surface area contributed by atoms with Crippen LogP contribution in [-0.4, -0.2) is 10.8 Å². The minimum atomic E-state index is -0.552. The molecule has 1 N–H and O–H groups in total. The fourth-order valence-corrected chi connectivity index (χ4v) is 1.73. The molecule has 0 aliphatic rings. The van der Waals surface area contributed by atoms with Crippen molar-refractivity contribution in [3.8, 4) is 0 Å². The van der Waals surface area contributed by atoms with Gasteiger partial charge >= 0.3 is 0 Å². The first-order valence-corrected chi connectivity index (χ1v) is 5.79. The van der Waals surface area contributed by atoms with Crippen LogP contribution in [0.4, 0.5) is 15.8 Å². The number of hydrogen-bond acceptors (Lipinski definition) is 3. The third-order valence-corrected chi connectivity index (χ3v) is 2.76. The Morgan fingerprint density at radius 2 is 2.00 bits per heavy atom. The summed E-state index contributed by atoms with van der Waals surface area (Å²) >= 11 is 0. The third kappa shape index (κ3) is 2.97. The maximum absolute atomic E-state index is 13.1. The number of aryl methyl sites for hydroxylation is 1. The number of carbonyl (C=O) groups is 1. The fourth-order valence-electron chi connectivity index (χ4n) is 1.73. The summed E-state index contributed by atoms with van der Waals surface area (Å²) in [5.41, 5.74) is 0.970. The third-order valence-electron chi connectivity index (χ3n) is 2.76. The Hall–Kier alpha value is -2.76. The lowest BCUT2D eigenvalue weighted by atomic mass is 10.1. The Morgan fingerprint density at radius 3 is 2.70 bits per heavy atom. The minimum absolute atomic E-state index is 0.126. The van der Waals surface area contributed by atoms with E-state index in [1.54, 1.807) is 6.92 Å². The molecule has 0 heterocycles. The van der Waals surface area contributed by atoms with E-state index in [0.29, 0.717) is 5.56 Å². The monoisotopic (exact) mass is 274 g/mol. The zero-order chi connectivity index (χ0) is 14.7. The van der Waals surface area contributed by atoms with Crippen LogP contribution >= 0.6 is 0 Å². The van der Waals surface area contributed by atoms with Crippen molar-refractivity contribution < 1.29 is 14.1 Å². The van der Waals surface area contributed by atoms with Crippen LogP contribution in [0.1, 0.15) is 15.9 Å². The van der Waals surface area contributed by atoms with Crippen molar-refractivity contribution in [2.45, 2.75) is 6.92 Å². The number of benzene rings is 2. The summed E-state index contributed by atoms with van der Waals surface area (Å²) < 4.78 is 13.1. The van der Waals surface area contributed by atoms with E-state index in [4.69, 9.17) is 0 Å². The molecule has 0 aliphatic heterocycles. The van der Waals surface area contributed by atoms with Gasteiger partial charge in [-0.2, -0.15) is 0 Å². The zero-order valence-corrected chi connectivity index (χ0v) is 10.6. The van der Waals surface area contributed by atoms with Gasteiger partial charge in [0.05, 0.1) is 4.92 Å². The molecule has 20 heavy (non-hydrogen) atoms. The summed E-state index contributed by atoms with van der Waals surface area (Å²) in [7, 11) is 0. The van der Waals surface area contributed by atoms with Crippen LogP contribution in [0.25, 0.3) is 0 Å². The first-order chi connectivity index (χ1) is 9.47. The van der Waals surface area contributed by atoms with E-state index in [-0.39, 0.29) is 16.9 Å². The van der Waals surface area contributed by atoms with E-state index in [1.807, 2.05) is 0 Å². The second-order valence-electron chi connectivity index (χ2n) is 4.22. The van der Waals surface area contributed by atoms with Gasteiger partial charge in [0.2, 0.25) is 0 Å². The molecule has 2 aromatic carbocycles. The van der Waals surface area contributed by atoms with Crippen molar-refractivity contribution in [2.75, 3.05) is 5.32 Å². The van der Waals surface area contributed by atoms with Crippen LogP contribution in [0.3, 0.4) is 0 Å². The topological polar surface area (TPSA) is 72.2 Å². The highest BCUT2D eigenvalue weighted by Gasteiger charge is 2.12. The van der Waals surface area contributed by atoms with Crippen molar-refractivity contribution in [3.05, 3.63) is 69.5 Å². The van der Waals surface area contributed by atoms with Crippen LogP contribution in [-0.2, 0) is 0 Å². The SMILES string of the molecule is Cc1ccc(F)cc1C(=O)Nc1cccc([N+](=O)[O-])c1. The van der Waals surface area contributed by atoms with Gasteiger partial charge in [0, 0.05) is 23.4 Å². The van der Waals surface area contributed by atoms with E-state index < -0.39 is 16.6 Å². The van der Waals surface area contributed by atoms with Crippen LogP contribution in [0.5, 0.6) is 0 Å². The summed E-state index contributed by atoms with van der Waals surface area (Å²) in [5.74, 6) is -1.03. The first-order valence-electron chi connectivity index (χ1n) is 5.79. The summed E-state index contributed by atoms with van der Waals surface area (Å²) in [6.45, 7) is 1.68. The molecule has 0 bridgehead atoms. The van der Waals surface area contributed by atoms with Gasteiger partial charge in [0.25, 0.3) is 11.6 Å². The summed E-state index contributed by atoms with van der Waals surface area (Å²) in [6.07, 6.45) is 0. The largest absolute Gasteiger partial charge is 0.322 e. The van der Waals surface area contributed by atoms with Gasteiger partial charge in [0.15, 0.2) is 0 Å². The highest BCUT2D eigenvalue weighted by molar-refractivity contribution is 6.05. The van der Waals surface area contributed by atoms with Gasteiger partial charge in [0.1, 0.15) is 5.82 Å². The van der Waals surface area contributed by atoms with E-state index in [2.05, 4.69) is 5.32 Å². The Balaban J connectivity index is 2.25. The lowest BCUT2D eigenvalue weighted by Gasteiger charge is -2.07. The van der Waals surface area contributed by atoms with E-state index >= 15 is 0 Å². The van der Waals surface area contributed by atoms with E-state index in [0.717, 1.165) is 6.07 Å². The highest BCUT2D eigenvalue weighted by Crippen LogP contribution is 2.19. The zero-order valence-electron chi connectivity index (χ0n) is 10.6. The fraction of sp³-hybridized carbons (Fsp3) is 0.0714. The predicted molar refractivity (Wildman–Crippen MR) is 72.2 cm³/mol. The quantitative estimate of drug-likeness (QED) is 0.689. The Kier molecular flexibility index (Phi) is 3.74. The Bertz CT molecular complexity index is 686. The number of rotatable bonds is 3. The molecule has 0 aliphatic carbocycles. The number of anilines is 1. The molecule has 0 atom stereocenters. The number of nitrogens with zero attached hydrogens (tertiary/aromatic N) is 1. The lowest BCUT2D eigenvalue weighted by molar-refractivity contribution is -0.384. The Morgan fingerprint density at radius 1 is 1.25 bits per heavy atom. The molecule has 0 fully saturated rings. The molecule has 6 heteroatoms. The van der Waals surface area contributed by atoms with E-state index in [1.165, 1.54) is 36.4 Å². The van der Waals surface area contributed by atoms with E-state index in [9.17, 15) is 19.3 Å². The maximum atomic E-state index is 13.1. The molecule has 1 amide bonds. The number of non-ortho nitro benzene ring substituents is 1. The lowest BCUT2D eigenvalue weighted by Crippen LogP contribution is -2.13.